The molecule has 5 nitrogen and oxygen atoms in total. The van der Waals surface area contributed by atoms with Crippen molar-refractivity contribution >= 4 is 23.2 Å². The lowest BCUT2D eigenvalue weighted by molar-refractivity contribution is -0.121. The van der Waals surface area contributed by atoms with Crippen LogP contribution < -0.4 is 10.2 Å². The maximum absolute atomic E-state index is 11.5. The van der Waals surface area contributed by atoms with Crippen molar-refractivity contribution in [1.29, 1.82) is 5.26 Å². The quantitative estimate of drug-likeness (QED) is 0.810. The summed E-state index contributed by atoms with van der Waals surface area (Å²) in [4.78, 5) is 16.5. The van der Waals surface area contributed by atoms with Gasteiger partial charge in [-0.05, 0) is 56.7 Å². The van der Waals surface area contributed by atoms with E-state index in [0.29, 0.717) is 0 Å². The van der Waals surface area contributed by atoms with Crippen molar-refractivity contribution < 1.29 is 4.79 Å². The van der Waals surface area contributed by atoms with E-state index in [9.17, 15) is 4.79 Å². The molecule has 146 valence electrons. The van der Waals surface area contributed by atoms with Crippen molar-refractivity contribution in [2.45, 2.75) is 44.6 Å². The minimum absolute atomic E-state index is 0.0277. The maximum atomic E-state index is 11.5. The molecule has 1 saturated carbocycles. The Bertz CT molecular complexity index is 658. The summed E-state index contributed by atoms with van der Waals surface area (Å²) in [6.45, 7) is 5.39. The van der Waals surface area contributed by atoms with E-state index in [4.69, 9.17) is 16.9 Å². The summed E-state index contributed by atoms with van der Waals surface area (Å²) < 4.78 is 0. The molecule has 1 aromatic carbocycles. The second kappa shape index (κ2) is 9.96. The third-order valence-electron chi connectivity index (χ3n) is 5.87. The second-order valence-corrected chi connectivity index (χ2v) is 8.10. The number of piperazine rings is 1. The summed E-state index contributed by atoms with van der Waals surface area (Å²) in [6.07, 6.45) is 5.66. The normalized spacial score (nSPS) is 23.6. The molecule has 1 aromatic rings. The van der Waals surface area contributed by atoms with Crippen molar-refractivity contribution in [2.24, 2.45) is 5.92 Å². The Kier molecular flexibility index (Phi) is 7.37. The van der Waals surface area contributed by atoms with E-state index in [1.807, 2.05) is 24.3 Å². The fraction of sp³-hybridized carbons (Fsp3) is 0.619. The topological polar surface area (TPSA) is 59.4 Å². The van der Waals surface area contributed by atoms with Crippen molar-refractivity contribution in [3.63, 3.8) is 0 Å². The van der Waals surface area contributed by atoms with Gasteiger partial charge in [-0.25, -0.2) is 0 Å². The number of hydrogen-bond donors (Lipinski definition) is 1. The highest BCUT2D eigenvalue weighted by atomic mass is 35.5. The molecule has 1 heterocycles. The zero-order valence-corrected chi connectivity index (χ0v) is 16.6. The predicted octanol–water partition coefficient (Wildman–Crippen LogP) is 3.44. The molecule has 1 saturated heterocycles. The van der Waals surface area contributed by atoms with Crippen molar-refractivity contribution in [1.82, 2.24) is 10.2 Å². The molecule has 1 amide bonds. The molecule has 2 fully saturated rings. The molecular formula is C21H29ClN4O. The summed E-state index contributed by atoms with van der Waals surface area (Å²) in [7, 11) is 0. The van der Waals surface area contributed by atoms with Gasteiger partial charge in [0.2, 0.25) is 5.91 Å². The maximum Gasteiger partial charge on any atom is 0.234 e. The van der Waals surface area contributed by atoms with Crippen LogP contribution in [0.4, 0.5) is 5.69 Å². The van der Waals surface area contributed by atoms with E-state index >= 15 is 0 Å². The van der Waals surface area contributed by atoms with Crippen molar-refractivity contribution in [3.05, 3.63) is 29.3 Å². The number of carbonyl (C=O) groups is 1. The fourth-order valence-corrected chi connectivity index (χ4v) is 4.49. The lowest BCUT2D eigenvalue weighted by Gasteiger charge is -2.37. The largest absolute Gasteiger partial charge is 0.368 e. The van der Waals surface area contributed by atoms with Gasteiger partial charge in [0.05, 0.1) is 16.8 Å². The molecule has 0 bridgehead atoms. The number of nitriles is 1. The molecule has 2 aliphatic rings. The number of amides is 1. The zero-order chi connectivity index (χ0) is 19.1. The van der Waals surface area contributed by atoms with Crippen molar-refractivity contribution in [2.75, 3.05) is 37.6 Å². The number of para-hydroxylation sites is 1. The first-order valence-corrected chi connectivity index (χ1v) is 10.4. The van der Waals surface area contributed by atoms with Crippen LogP contribution in [0.1, 0.15) is 38.5 Å². The van der Waals surface area contributed by atoms with Crippen LogP contribution in [0.3, 0.4) is 0 Å². The molecule has 0 aromatic heterocycles. The minimum atomic E-state index is -0.127. The number of rotatable bonds is 6. The average molecular weight is 389 g/mol. The van der Waals surface area contributed by atoms with Gasteiger partial charge in [-0.3, -0.25) is 9.69 Å². The molecular weight excluding hydrogens is 360 g/mol. The highest BCUT2D eigenvalue weighted by Gasteiger charge is 2.24. The highest BCUT2D eigenvalue weighted by molar-refractivity contribution is 6.33. The van der Waals surface area contributed by atoms with E-state index in [1.165, 1.54) is 19.3 Å². The van der Waals surface area contributed by atoms with Gasteiger partial charge in [-0.15, -0.1) is 0 Å². The van der Waals surface area contributed by atoms with Gasteiger partial charge >= 0.3 is 0 Å². The second-order valence-electron chi connectivity index (χ2n) is 7.69. The van der Waals surface area contributed by atoms with Gasteiger partial charge in [0.1, 0.15) is 6.42 Å². The van der Waals surface area contributed by atoms with Crippen molar-refractivity contribution in [3.8, 4) is 6.07 Å². The van der Waals surface area contributed by atoms with Crippen LogP contribution in [-0.2, 0) is 4.79 Å². The molecule has 3 rings (SSSR count). The number of anilines is 1. The van der Waals surface area contributed by atoms with Gasteiger partial charge in [0.15, 0.2) is 0 Å². The Hall–Kier alpha value is -1.77. The summed E-state index contributed by atoms with van der Waals surface area (Å²) in [5, 5.41) is 12.4. The van der Waals surface area contributed by atoms with Crippen LogP contribution in [0.25, 0.3) is 0 Å². The van der Waals surface area contributed by atoms with E-state index in [0.717, 1.165) is 62.2 Å². The first kappa shape index (κ1) is 20.0. The van der Waals surface area contributed by atoms with Gasteiger partial charge < -0.3 is 10.2 Å². The summed E-state index contributed by atoms with van der Waals surface area (Å²) in [5.74, 6) is 0.632. The number of carbonyl (C=O) groups excluding carboxylic acids is 1. The van der Waals surface area contributed by atoms with E-state index in [-0.39, 0.29) is 18.4 Å². The molecule has 0 radical (unpaired) electrons. The number of hydrogen-bond acceptors (Lipinski definition) is 4. The summed E-state index contributed by atoms with van der Waals surface area (Å²) in [6, 6.07) is 10.3. The predicted molar refractivity (Wildman–Crippen MR) is 109 cm³/mol. The lowest BCUT2D eigenvalue weighted by atomic mass is 9.84. The van der Waals surface area contributed by atoms with Gasteiger partial charge in [-0.2, -0.15) is 5.26 Å². The fourth-order valence-electron chi connectivity index (χ4n) is 4.23. The number of halogens is 1. The van der Waals surface area contributed by atoms with E-state index < -0.39 is 0 Å². The molecule has 27 heavy (non-hydrogen) atoms. The summed E-state index contributed by atoms with van der Waals surface area (Å²) in [5.41, 5.74) is 1.15. The van der Waals surface area contributed by atoms with Crippen LogP contribution in [0.15, 0.2) is 24.3 Å². The molecule has 0 unspecified atom stereocenters. The monoisotopic (exact) mass is 388 g/mol. The van der Waals surface area contributed by atoms with Gasteiger partial charge in [0, 0.05) is 32.2 Å². The Labute approximate surface area is 167 Å². The Morgan fingerprint density at radius 2 is 1.85 bits per heavy atom. The van der Waals surface area contributed by atoms with Gasteiger partial charge in [0.25, 0.3) is 0 Å². The number of nitrogens with zero attached hydrogens (tertiary/aromatic N) is 3. The van der Waals surface area contributed by atoms with Crippen LogP contribution in [0.5, 0.6) is 0 Å². The molecule has 0 atom stereocenters. The number of benzene rings is 1. The Morgan fingerprint density at radius 1 is 1.15 bits per heavy atom. The average Bonchev–Trinajstić information content (AvgIpc) is 2.68. The third kappa shape index (κ3) is 5.85. The molecule has 6 heteroatoms. The van der Waals surface area contributed by atoms with E-state index in [1.54, 1.807) is 0 Å². The first-order chi connectivity index (χ1) is 13.2. The Morgan fingerprint density at radius 3 is 2.52 bits per heavy atom. The van der Waals surface area contributed by atoms with Gasteiger partial charge in [-0.1, -0.05) is 23.7 Å². The molecule has 1 N–H and O–H groups in total. The standard InChI is InChI=1S/C21H29ClN4O/c22-19-3-1-2-4-20(19)26-15-13-25(14-16-26)12-10-17-5-7-18(8-6-17)24-21(27)9-11-23/h1-4,17-18H,5-10,12-16H2,(H,24,27). The van der Waals surface area contributed by atoms with Crippen LogP contribution in [0, 0.1) is 17.2 Å². The van der Waals surface area contributed by atoms with Crippen LogP contribution in [0.2, 0.25) is 5.02 Å². The smallest absolute Gasteiger partial charge is 0.234 e. The molecule has 0 spiro atoms. The number of nitrogens with one attached hydrogen (secondary N) is 1. The minimum Gasteiger partial charge on any atom is -0.368 e. The lowest BCUT2D eigenvalue weighted by Crippen LogP contribution is -2.47. The van der Waals surface area contributed by atoms with Crippen LogP contribution in [-0.4, -0.2) is 49.6 Å². The van der Waals surface area contributed by atoms with E-state index in [2.05, 4.69) is 21.2 Å². The molecule has 1 aliphatic carbocycles. The Balaban J connectivity index is 1.34. The third-order valence-corrected chi connectivity index (χ3v) is 6.19. The van der Waals surface area contributed by atoms with Crippen LogP contribution >= 0.6 is 11.6 Å². The highest BCUT2D eigenvalue weighted by Crippen LogP contribution is 2.28. The molecule has 1 aliphatic heterocycles. The summed E-state index contributed by atoms with van der Waals surface area (Å²) >= 11 is 6.32. The zero-order valence-electron chi connectivity index (χ0n) is 15.9. The SMILES string of the molecule is N#CCC(=O)NC1CCC(CCN2CCN(c3ccccc3Cl)CC2)CC1. The first-order valence-electron chi connectivity index (χ1n) is 10.0.